The molecule has 1 aliphatic heterocycles. The molecule has 0 unspecified atom stereocenters. The van der Waals surface area contributed by atoms with Crippen LogP contribution in [-0.4, -0.2) is 12.4 Å². The molecule has 5 heteroatoms. The van der Waals surface area contributed by atoms with Crippen molar-refractivity contribution in [1.29, 1.82) is 0 Å². The molecule has 2 aromatic carbocycles. The molecular formula is C17H16Cl2N2S. The lowest BCUT2D eigenvalue weighted by Crippen LogP contribution is -2.15. The number of halogens is 2. The van der Waals surface area contributed by atoms with Crippen LogP contribution in [-0.2, 0) is 0 Å². The Kier molecular flexibility index (Phi) is 5.29. The Bertz CT molecular complexity index is 684. The molecule has 0 saturated carbocycles. The molecular weight excluding hydrogens is 335 g/mol. The van der Waals surface area contributed by atoms with Crippen LogP contribution in [0.2, 0.25) is 10.0 Å². The first kappa shape index (κ1) is 15.7. The van der Waals surface area contributed by atoms with E-state index >= 15 is 0 Å². The summed E-state index contributed by atoms with van der Waals surface area (Å²) in [6.07, 6.45) is 3.39. The van der Waals surface area contributed by atoms with E-state index in [1.54, 1.807) is 11.8 Å². The number of hydrogen-bond acceptors (Lipinski definition) is 3. The summed E-state index contributed by atoms with van der Waals surface area (Å²) in [4.78, 5) is 6.64. The van der Waals surface area contributed by atoms with Gasteiger partial charge in [0.25, 0.3) is 0 Å². The zero-order valence-electron chi connectivity index (χ0n) is 12.0. The third kappa shape index (κ3) is 4.19. The first-order valence-corrected chi connectivity index (χ1v) is 8.81. The first-order chi connectivity index (χ1) is 10.7. The van der Waals surface area contributed by atoms with Gasteiger partial charge in [0, 0.05) is 33.5 Å². The molecule has 0 aromatic heterocycles. The smallest absolute Gasteiger partial charge is 0.101 e. The van der Waals surface area contributed by atoms with Crippen LogP contribution in [0.5, 0.6) is 0 Å². The number of hydrogen-bond donors (Lipinski definition) is 1. The lowest BCUT2D eigenvalue weighted by molar-refractivity contribution is 0.737. The topological polar surface area (TPSA) is 24.4 Å². The summed E-state index contributed by atoms with van der Waals surface area (Å²) in [5.41, 5.74) is 0.992. The fourth-order valence-electron chi connectivity index (χ4n) is 2.26. The second kappa shape index (κ2) is 7.40. The van der Waals surface area contributed by atoms with Crippen molar-refractivity contribution in [3.8, 4) is 0 Å². The average molecular weight is 351 g/mol. The predicted molar refractivity (Wildman–Crippen MR) is 96.8 cm³/mol. The third-order valence-electron chi connectivity index (χ3n) is 3.39. The van der Waals surface area contributed by atoms with Gasteiger partial charge < -0.3 is 5.32 Å². The second-order valence-electron chi connectivity index (χ2n) is 5.11. The van der Waals surface area contributed by atoms with Crippen molar-refractivity contribution in [2.45, 2.75) is 29.1 Å². The van der Waals surface area contributed by atoms with Gasteiger partial charge in [0.2, 0.25) is 0 Å². The van der Waals surface area contributed by atoms with Crippen molar-refractivity contribution in [3.05, 3.63) is 52.5 Å². The molecule has 1 aliphatic rings. The van der Waals surface area contributed by atoms with Crippen LogP contribution in [0.15, 0.2) is 57.2 Å². The van der Waals surface area contributed by atoms with Gasteiger partial charge in [0.1, 0.15) is 5.84 Å². The number of nitrogens with one attached hydrogen (secondary N) is 1. The van der Waals surface area contributed by atoms with Gasteiger partial charge in [-0.15, -0.1) is 0 Å². The van der Waals surface area contributed by atoms with Gasteiger partial charge in [-0.3, -0.25) is 4.99 Å². The highest BCUT2D eigenvalue weighted by molar-refractivity contribution is 7.99. The maximum Gasteiger partial charge on any atom is 0.101 e. The number of benzene rings is 2. The molecule has 2 nitrogen and oxygen atoms in total. The number of nitrogens with zero attached hydrogens (tertiary/aromatic N) is 1. The summed E-state index contributed by atoms with van der Waals surface area (Å²) >= 11 is 13.9. The normalized spacial score (nSPS) is 14.5. The third-order valence-corrected chi connectivity index (χ3v) is 5.15. The summed E-state index contributed by atoms with van der Waals surface area (Å²) < 4.78 is 0. The molecule has 0 atom stereocenters. The standard InChI is InChI=1S/C17H16Cl2N2S/c18-12-4-7-14(8-5-12)22-16-9-6-13(11-15(16)19)21-17-3-1-2-10-20-17/h4-9,11H,1-3,10H2,(H,20,21). The number of aliphatic imine (C=N–C) groups is 1. The molecule has 0 amide bonds. The van der Waals surface area contributed by atoms with E-state index < -0.39 is 0 Å². The van der Waals surface area contributed by atoms with Crippen LogP contribution < -0.4 is 5.32 Å². The van der Waals surface area contributed by atoms with Gasteiger partial charge >= 0.3 is 0 Å². The van der Waals surface area contributed by atoms with Crippen molar-refractivity contribution < 1.29 is 0 Å². The van der Waals surface area contributed by atoms with Crippen molar-refractivity contribution in [2.24, 2.45) is 4.99 Å². The van der Waals surface area contributed by atoms with Gasteiger partial charge in [-0.05, 0) is 55.3 Å². The summed E-state index contributed by atoms with van der Waals surface area (Å²) in [5, 5.41) is 4.84. The highest BCUT2D eigenvalue weighted by Gasteiger charge is 2.08. The van der Waals surface area contributed by atoms with Crippen LogP contribution in [0.25, 0.3) is 0 Å². The predicted octanol–water partition coefficient (Wildman–Crippen LogP) is 6.14. The van der Waals surface area contributed by atoms with Crippen LogP contribution in [0.1, 0.15) is 19.3 Å². The van der Waals surface area contributed by atoms with E-state index in [-0.39, 0.29) is 0 Å². The Morgan fingerprint density at radius 1 is 1.00 bits per heavy atom. The van der Waals surface area contributed by atoms with E-state index in [9.17, 15) is 0 Å². The van der Waals surface area contributed by atoms with Gasteiger partial charge in [-0.2, -0.15) is 0 Å². The Morgan fingerprint density at radius 2 is 1.82 bits per heavy atom. The molecule has 2 aromatic rings. The molecule has 1 heterocycles. The Balaban J connectivity index is 1.71. The van der Waals surface area contributed by atoms with Crippen molar-refractivity contribution in [3.63, 3.8) is 0 Å². The highest BCUT2D eigenvalue weighted by atomic mass is 35.5. The maximum atomic E-state index is 6.40. The summed E-state index contributed by atoms with van der Waals surface area (Å²) in [6, 6.07) is 13.8. The van der Waals surface area contributed by atoms with E-state index in [0.717, 1.165) is 44.3 Å². The quantitative estimate of drug-likeness (QED) is 0.718. The largest absolute Gasteiger partial charge is 0.344 e. The zero-order valence-corrected chi connectivity index (χ0v) is 14.3. The SMILES string of the molecule is Clc1ccc(Sc2ccc(NC3=NCCCC3)cc2Cl)cc1. The summed E-state index contributed by atoms with van der Waals surface area (Å²) in [7, 11) is 0. The van der Waals surface area contributed by atoms with Gasteiger partial charge in [-0.1, -0.05) is 35.0 Å². The zero-order chi connectivity index (χ0) is 15.4. The number of rotatable bonds is 3. The molecule has 0 fully saturated rings. The van der Waals surface area contributed by atoms with E-state index in [1.807, 2.05) is 42.5 Å². The number of anilines is 1. The highest BCUT2D eigenvalue weighted by Crippen LogP contribution is 2.35. The lowest BCUT2D eigenvalue weighted by Gasteiger charge is -2.14. The molecule has 0 radical (unpaired) electrons. The lowest BCUT2D eigenvalue weighted by atomic mass is 10.2. The Labute approximate surface area is 144 Å². The Morgan fingerprint density at radius 3 is 2.50 bits per heavy atom. The summed E-state index contributed by atoms with van der Waals surface area (Å²) in [6.45, 7) is 0.917. The minimum atomic E-state index is 0.737. The fraction of sp³-hybridized carbons (Fsp3) is 0.235. The van der Waals surface area contributed by atoms with Crippen molar-refractivity contribution in [1.82, 2.24) is 0 Å². The molecule has 0 spiro atoms. The monoisotopic (exact) mass is 350 g/mol. The van der Waals surface area contributed by atoms with Crippen LogP contribution in [0.3, 0.4) is 0 Å². The van der Waals surface area contributed by atoms with Crippen LogP contribution in [0, 0.1) is 0 Å². The fourth-order valence-corrected chi connectivity index (χ4v) is 3.50. The van der Waals surface area contributed by atoms with E-state index in [0.29, 0.717) is 0 Å². The summed E-state index contributed by atoms with van der Waals surface area (Å²) in [5.74, 6) is 1.06. The molecule has 3 rings (SSSR count). The molecule has 0 aliphatic carbocycles. The van der Waals surface area contributed by atoms with Gasteiger partial charge in [0.15, 0.2) is 0 Å². The molecule has 0 bridgehead atoms. The molecule has 1 N–H and O–H groups in total. The van der Waals surface area contributed by atoms with E-state index in [2.05, 4.69) is 10.3 Å². The van der Waals surface area contributed by atoms with Crippen LogP contribution in [0.4, 0.5) is 5.69 Å². The molecule has 114 valence electrons. The van der Waals surface area contributed by atoms with Gasteiger partial charge in [-0.25, -0.2) is 0 Å². The Hall–Kier alpha value is -1.16. The van der Waals surface area contributed by atoms with Crippen molar-refractivity contribution in [2.75, 3.05) is 11.9 Å². The van der Waals surface area contributed by atoms with E-state index in [4.69, 9.17) is 23.2 Å². The molecule has 22 heavy (non-hydrogen) atoms. The van der Waals surface area contributed by atoms with E-state index in [1.165, 1.54) is 12.8 Å². The minimum absolute atomic E-state index is 0.737. The molecule has 0 saturated heterocycles. The number of amidine groups is 1. The minimum Gasteiger partial charge on any atom is -0.344 e. The van der Waals surface area contributed by atoms with Crippen molar-refractivity contribution >= 4 is 46.5 Å². The van der Waals surface area contributed by atoms with Gasteiger partial charge in [0.05, 0.1) is 5.02 Å². The second-order valence-corrected chi connectivity index (χ2v) is 7.07. The maximum absolute atomic E-state index is 6.40. The first-order valence-electron chi connectivity index (χ1n) is 7.24. The van der Waals surface area contributed by atoms with Crippen LogP contribution >= 0.6 is 35.0 Å². The average Bonchev–Trinajstić information content (AvgIpc) is 2.53.